The zero-order valence-corrected chi connectivity index (χ0v) is 13.2. The van der Waals surface area contributed by atoms with Crippen LogP contribution in [0.3, 0.4) is 0 Å². The summed E-state index contributed by atoms with van der Waals surface area (Å²) in [5.41, 5.74) is 3.52. The number of carbonyl (C=O) groups excluding carboxylic acids is 1. The van der Waals surface area contributed by atoms with E-state index in [0.717, 1.165) is 10.5 Å². The zero-order chi connectivity index (χ0) is 16.7. The molecule has 0 atom stereocenters. The number of hydrogen-bond donors (Lipinski definition) is 1. The summed E-state index contributed by atoms with van der Waals surface area (Å²) in [6.45, 7) is 0. The Morgan fingerprint density at radius 2 is 1.96 bits per heavy atom. The van der Waals surface area contributed by atoms with Crippen molar-refractivity contribution in [2.75, 3.05) is 6.26 Å². The number of benzene rings is 2. The van der Waals surface area contributed by atoms with E-state index in [2.05, 4.69) is 10.5 Å². The minimum atomic E-state index is -0.501. The molecule has 1 N–H and O–H groups in total. The van der Waals surface area contributed by atoms with E-state index >= 15 is 0 Å². The highest BCUT2D eigenvalue weighted by molar-refractivity contribution is 7.98. The van der Waals surface area contributed by atoms with Gasteiger partial charge in [-0.2, -0.15) is 5.10 Å². The van der Waals surface area contributed by atoms with Crippen molar-refractivity contribution in [3.8, 4) is 0 Å². The second-order valence-electron chi connectivity index (χ2n) is 4.63. The molecule has 0 heterocycles. The molecule has 23 heavy (non-hydrogen) atoms. The van der Waals surface area contributed by atoms with Gasteiger partial charge in [0.1, 0.15) is 0 Å². The number of amides is 1. The highest BCUT2D eigenvalue weighted by atomic mass is 32.2. The minimum absolute atomic E-state index is 0.0701. The van der Waals surface area contributed by atoms with Crippen LogP contribution in [0.1, 0.15) is 11.1 Å². The van der Waals surface area contributed by atoms with Crippen molar-refractivity contribution >= 4 is 29.6 Å². The molecule has 0 saturated carbocycles. The van der Waals surface area contributed by atoms with Gasteiger partial charge >= 0.3 is 0 Å². The lowest BCUT2D eigenvalue weighted by atomic mass is 10.1. The molecule has 1 amide bonds. The van der Waals surface area contributed by atoms with Crippen LogP contribution in [0.5, 0.6) is 0 Å². The first-order valence-corrected chi connectivity index (χ1v) is 8.01. The number of para-hydroxylation sites is 1. The lowest BCUT2D eigenvalue weighted by Crippen LogP contribution is -2.20. The molecule has 6 nitrogen and oxygen atoms in total. The van der Waals surface area contributed by atoms with Crippen LogP contribution in [0.25, 0.3) is 0 Å². The molecule has 0 fully saturated rings. The van der Waals surface area contributed by atoms with E-state index in [9.17, 15) is 14.9 Å². The van der Waals surface area contributed by atoms with Gasteiger partial charge in [0.25, 0.3) is 5.69 Å². The summed E-state index contributed by atoms with van der Waals surface area (Å²) >= 11 is 1.64. The predicted molar refractivity (Wildman–Crippen MR) is 90.8 cm³/mol. The largest absolute Gasteiger partial charge is 0.273 e. The lowest BCUT2D eigenvalue weighted by molar-refractivity contribution is -0.385. The fraction of sp³-hybridized carbons (Fsp3) is 0.125. The van der Waals surface area contributed by atoms with Crippen LogP contribution >= 0.6 is 11.8 Å². The summed E-state index contributed by atoms with van der Waals surface area (Å²) in [5, 5.41) is 14.8. The molecule has 2 aromatic carbocycles. The third kappa shape index (κ3) is 4.93. The summed E-state index contributed by atoms with van der Waals surface area (Å²) in [4.78, 5) is 23.4. The Hall–Kier alpha value is -2.67. The molecule has 0 aromatic heterocycles. The molecule has 118 valence electrons. The number of hydrazone groups is 1. The maximum absolute atomic E-state index is 11.8. The molecular weight excluding hydrogens is 314 g/mol. The summed E-state index contributed by atoms with van der Waals surface area (Å²) in [7, 11) is 0. The van der Waals surface area contributed by atoms with Gasteiger partial charge in [-0.1, -0.05) is 30.3 Å². The molecule has 0 aliphatic carbocycles. The Bertz CT molecular complexity index is 730. The van der Waals surface area contributed by atoms with Crippen LogP contribution < -0.4 is 5.43 Å². The highest BCUT2D eigenvalue weighted by Crippen LogP contribution is 2.18. The molecule has 0 saturated heterocycles. The Labute approximate surface area is 137 Å². The Morgan fingerprint density at radius 3 is 2.61 bits per heavy atom. The third-order valence-corrected chi connectivity index (χ3v) is 3.80. The third-order valence-electron chi connectivity index (χ3n) is 3.06. The number of thioether (sulfide) groups is 1. The topological polar surface area (TPSA) is 84.6 Å². The number of nitro benzene ring substituents is 1. The molecular formula is C16H15N3O3S. The van der Waals surface area contributed by atoms with E-state index in [4.69, 9.17) is 0 Å². The van der Waals surface area contributed by atoms with Crippen molar-refractivity contribution in [2.24, 2.45) is 5.10 Å². The Morgan fingerprint density at radius 1 is 1.26 bits per heavy atom. The quantitative estimate of drug-likeness (QED) is 0.382. The number of rotatable bonds is 6. The number of nitrogens with zero attached hydrogens (tertiary/aromatic N) is 2. The molecule has 0 bridgehead atoms. The normalized spacial score (nSPS) is 10.7. The van der Waals surface area contributed by atoms with Gasteiger partial charge in [-0.05, 0) is 24.0 Å². The van der Waals surface area contributed by atoms with Gasteiger partial charge in [-0.15, -0.1) is 11.8 Å². The summed E-state index contributed by atoms with van der Waals surface area (Å²) in [6.07, 6.45) is 3.42. The van der Waals surface area contributed by atoms with Crippen LogP contribution in [-0.4, -0.2) is 23.3 Å². The average Bonchev–Trinajstić information content (AvgIpc) is 2.56. The second kappa shape index (κ2) is 8.09. The highest BCUT2D eigenvalue weighted by Gasteiger charge is 2.14. The molecule has 0 spiro atoms. The number of nitrogens with one attached hydrogen (secondary N) is 1. The van der Waals surface area contributed by atoms with Gasteiger partial charge in [0, 0.05) is 16.5 Å². The van der Waals surface area contributed by atoms with E-state index < -0.39 is 10.8 Å². The van der Waals surface area contributed by atoms with Gasteiger partial charge in [-0.3, -0.25) is 14.9 Å². The molecule has 0 radical (unpaired) electrons. The first-order valence-electron chi connectivity index (χ1n) is 6.78. The zero-order valence-electron chi connectivity index (χ0n) is 12.4. The first-order chi connectivity index (χ1) is 11.1. The fourth-order valence-corrected chi connectivity index (χ4v) is 2.33. The first kappa shape index (κ1) is 16.7. The SMILES string of the molecule is CSc1ccc(C=NNC(=O)Cc2ccccc2[N+](=O)[O-])cc1. The smallest absolute Gasteiger partial charge is 0.273 e. The van der Waals surface area contributed by atoms with Gasteiger partial charge in [-0.25, -0.2) is 5.43 Å². The van der Waals surface area contributed by atoms with Crippen LogP contribution in [0, 0.1) is 10.1 Å². The van der Waals surface area contributed by atoms with E-state index in [1.807, 2.05) is 30.5 Å². The molecule has 0 aliphatic rings. The molecule has 0 aliphatic heterocycles. The van der Waals surface area contributed by atoms with Crippen molar-refractivity contribution in [1.29, 1.82) is 0 Å². The molecule has 0 unspecified atom stereocenters. The summed E-state index contributed by atoms with van der Waals surface area (Å²) in [5.74, 6) is -0.406. The van der Waals surface area contributed by atoms with Crippen molar-refractivity contribution in [3.05, 3.63) is 69.8 Å². The van der Waals surface area contributed by atoms with E-state index in [-0.39, 0.29) is 12.1 Å². The van der Waals surface area contributed by atoms with Crippen LogP contribution in [-0.2, 0) is 11.2 Å². The van der Waals surface area contributed by atoms with Crippen molar-refractivity contribution in [1.82, 2.24) is 5.43 Å². The second-order valence-corrected chi connectivity index (χ2v) is 5.51. The fourth-order valence-electron chi connectivity index (χ4n) is 1.92. The van der Waals surface area contributed by atoms with Crippen molar-refractivity contribution in [3.63, 3.8) is 0 Å². The average molecular weight is 329 g/mol. The van der Waals surface area contributed by atoms with Crippen LogP contribution in [0.2, 0.25) is 0 Å². The minimum Gasteiger partial charge on any atom is -0.273 e. The molecule has 7 heteroatoms. The van der Waals surface area contributed by atoms with Gasteiger partial charge in [0.05, 0.1) is 17.6 Å². The van der Waals surface area contributed by atoms with Crippen LogP contribution in [0.15, 0.2) is 58.5 Å². The Balaban J connectivity index is 1.94. The Kier molecular flexibility index (Phi) is 5.87. The lowest BCUT2D eigenvalue weighted by Gasteiger charge is -2.02. The molecule has 2 aromatic rings. The van der Waals surface area contributed by atoms with Gasteiger partial charge in [0.2, 0.25) is 5.91 Å². The van der Waals surface area contributed by atoms with E-state index in [0.29, 0.717) is 5.56 Å². The van der Waals surface area contributed by atoms with Crippen molar-refractivity contribution in [2.45, 2.75) is 11.3 Å². The monoisotopic (exact) mass is 329 g/mol. The number of nitro groups is 1. The van der Waals surface area contributed by atoms with E-state index in [1.54, 1.807) is 30.0 Å². The predicted octanol–water partition coefficient (Wildman–Crippen LogP) is 3.01. The van der Waals surface area contributed by atoms with Gasteiger partial charge in [0.15, 0.2) is 0 Å². The maximum atomic E-state index is 11.8. The van der Waals surface area contributed by atoms with Gasteiger partial charge < -0.3 is 0 Å². The summed E-state index contributed by atoms with van der Waals surface area (Å²) in [6, 6.07) is 13.9. The number of hydrogen-bond acceptors (Lipinski definition) is 5. The number of carbonyl (C=O) groups is 1. The van der Waals surface area contributed by atoms with Crippen molar-refractivity contribution < 1.29 is 9.72 Å². The van der Waals surface area contributed by atoms with E-state index in [1.165, 1.54) is 12.3 Å². The standard InChI is InChI=1S/C16H15N3O3S/c1-23-14-8-6-12(7-9-14)11-17-18-16(20)10-13-4-2-3-5-15(13)19(21)22/h2-9,11H,10H2,1H3,(H,18,20). The maximum Gasteiger partial charge on any atom is 0.273 e. The van der Waals surface area contributed by atoms with Crippen LogP contribution in [0.4, 0.5) is 5.69 Å². The molecule has 2 rings (SSSR count). The summed E-state index contributed by atoms with van der Waals surface area (Å²) < 4.78 is 0.